The Labute approximate surface area is 104 Å². The highest BCUT2D eigenvalue weighted by Gasteiger charge is 2.50. The molecule has 100 valence electrons. The molecule has 4 nitrogen and oxygen atoms in total. The Morgan fingerprint density at radius 3 is 2.41 bits per heavy atom. The van der Waals surface area contributed by atoms with Crippen LogP contribution in [0.5, 0.6) is 0 Å². The summed E-state index contributed by atoms with van der Waals surface area (Å²) in [6.45, 7) is 8.90. The minimum Gasteiger partial charge on any atom is -0.480 e. The van der Waals surface area contributed by atoms with Crippen molar-refractivity contribution in [2.45, 2.75) is 39.2 Å². The third kappa shape index (κ3) is 3.42. The predicted molar refractivity (Wildman–Crippen MR) is 69.1 cm³/mol. The van der Waals surface area contributed by atoms with Gasteiger partial charge in [0.15, 0.2) is 0 Å². The van der Waals surface area contributed by atoms with Crippen LogP contribution in [0.15, 0.2) is 0 Å². The molecule has 17 heavy (non-hydrogen) atoms. The fourth-order valence-corrected chi connectivity index (χ4v) is 2.51. The quantitative estimate of drug-likeness (QED) is 0.676. The highest BCUT2D eigenvalue weighted by Crippen LogP contribution is 2.40. The molecule has 0 radical (unpaired) electrons. The van der Waals surface area contributed by atoms with Crippen LogP contribution in [0.1, 0.15) is 33.6 Å². The summed E-state index contributed by atoms with van der Waals surface area (Å²) in [6, 6.07) is 0. The normalized spacial score (nSPS) is 19.6. The van der Waals surface area contributed by atoms with Crippen molar-refractivity contribution in [3.05, 3.63) is 0 Å². The second-order valence-electron chi connectivity index (χ2n) is 5.52. The minimum absolute atomic E-state index is 0.297. The average Bonchev–Trinajstić information content (AvgIpc) is 3.07. The van der Waals surface area contributed by atoms with Crippen molar-refractivity contribution in [1.82, 2.24) is 10.2 Å². The number of aliphatic carboxylic acids is 1. The number of carboxylic acid groups (broad SMARTS) is 1. The zero-order valence-corrected chi connectivity index (χ0v) is 11.5. The van der Waals surface area contributed by atoms with Crippen LogP contribution < -0.4 is 5.32 Å². The highest BCUT2D eigenvalue weighted by atomic mass is 16.4. The lowest BCUT2D eigenvalue weighted by Crippen LogP contribution is -2.59. The van der Waals surface area contributed by atoms with Crippen molar-refractivity contribution in [2.24, 2.45) is 11.8 Å². The van der Waals surface area contributed by atoms with Gasteiger partial charge in [-0.1, -0.05) is 20.8 Å². The molecule has 0 aromatic heterocycles. The molecule has 0 heterocycles. The maximum absolute atomic E-state index is 11.6. The average molecular weight is 242 g/mol. The number of hydrogen-bond acceptors (Lipinski definition) is 3. The van der Waals surface area contributed by atoms with E-state index in [9.17, 15) is 9.90 Å². The molecule has 1 fully saturated rings. The van der Waals surface area contributed by atoms with Crippen LogP contribution in [0.3, 0.4) is 0 Å². The summed E-state index contributed by atoms with van der Waals surface area (Å²) in [5, 5.41) is 12.6. The van der Waals surface area contributed by atoms with E-state index in [0.29, 0.717) is 18.4 Å². The van der Waals surface area contributed by atoms with Crippen LogP contribution in [0.2, 0.25) is 0 Å². The summed E-state index contributed by atoms with van der Waals surface area (Å²) in [5.74, 6) is 0.161. The Hall–Kier alpha value is -0.610. The Bertz CT molecular complexity index is 264. The molecule has 1 saturated carbocycles. The van der Waals surface area contributed by atoms with E-state index in [0.717, 1.165) is 25.9 Å². The monoisotopic (exact) mass is 242 g/mol. The van der Waals surface area contributed by atoms with Gasteiger partial charge in [-0.15, -0.1) is 0 Å². The van der Waals surface area contributed by atoms with E-state index in [2.05, 4.69) is 31.0 Å². The fourth-order valence-electron chi connectivity index (χ4n) is 2.51. The predicted octanol–water partition coefficient (Wildman–Crippen LogP) is 1.42. The van der Waals surface area contributed by atoms with E-state index >= 15 is 0 Å². The van der Waals surface area contributed by atoms with Crippen molar-refractivity contribution in [1.29, 1.82) is 0 Å². The topological polar surface area (TPSA) is 52.6 Å². The van der Waals surface area contributed by atoms with E-state index < -0.39 is 11.5 Å². The second kappa shape index (κ2) is 5.83. The number of nitrogens with zero attached hydrogens (tertiary/aromatic N) is 1. The molecule has 0 spiro atoms. The number of nitrogens with one attached hydrogen (secondary N) is 1. The first-order valence-electron chi connectivity index (χ1n) is 6.61. The molecule has 0 saturated heterocycles. The standard InChI is InChI=1S/C13H26N2O2/c1-5-15(8-10(2)3)9-13(14-4,12(16)17)11-6-7-11/h10-11,14H,5-9H2,1-4H3,(H,16,17). The first-order valence-corrected chi connectivity index (χ1v) is 6.61. The van der Waals surface area contributed by atoms with Crippen molar-refractivity contribution >= 4 is 5.97 Å². The van der Waals surface area contributed by atoms with E-state index in [1.807, 2.05) is 0 Å². The maximum atomic E-state index is 11.6. The molecule has 1 unspecified atom stereocenters. The lowest BCUT2D eigenvalue weighted by atomic mass is 9.92. The van der Waals surface area contributed by atoms with Gasteiger partial charge in [0.05, 0.1) is 0 Å². The highest BCUT2D eigenvalue weighted by molar-refractivity contribution is 5.80. The minimum atomic E-state index is -0.745. The zero-order valence-electron chi connectivity index (χ0n) is 11.5. The van der Waals surface area contributed by atoms with Gasteiger partial charge in [0.1, 0.15) is 5.54 Å². The van der Waals surface area contributed by atoms with Gasteiger partial charge in [-0.05, 0) is 38.3 Å². The lowest BCUT2D eigenvalue weighted by molar-refractivity contribution is -0.146. The van der Waals surface area contributed by atoms with E-state index in [4.69, 9.17) is 0 Å². The van der Waals surface area contributed by atoms with Crippen LogP contribution in [-0.2, 0) is 4.79 Å². The van der Waals surface area contributed by atoms with Gasteiger partial charge in [0.2, 0.25) is 0 Å². The molecular weight excluding hydrogens is 216 g/mol. The fraction of sp³-hybridized carbons (Fsp3) is 0.923. The molecule has 1 aliphatic rings. The molecule has 4 heteroatoms. The van der Waals surface area contributed by atoms with Crippen LogP contribution in [0, 0.1) is 11.8 Å². The lowest BCUT2D eigenvalue weighted by Gasteiger charge is -2.35. The van der Waals surface area contributed by atoms with Gasteiger partial charge >= 0.3 is 5.97 Å². The smallest absolute Gasteiger partial charge is 0.325 e. The van der Waals surface area contributed by atoms with Crippen molar-refractivity contribution in [3.63, 3.8) is 0 Å². The van der Waals surface area contributed by atoms with Crippen LogP contribution in [-0.4, -0.2) is 48.2 Å². The molecule has 1 atom stereocenters. The molecule has 0 aromatic carbocycles. The van der Waals surface area contributed by atoms with Crippen LogP contribution in [0.25, 0.3) is 0 Å². The number of carboxylic acids is 1. The first-order chi connectivity index (χ1) is 7.96. The van der Waals surface area contributed by atoms with E-state index in [1.165, 1.54) is 0 Å². The van der Waals surface area contributed by atoms with Crippen molar-refractivity contribution in [3.8, 4) is 0 Å². The van der Waals surface area contributed by atoms with Gasteiger partial charge in [0.25, 0.3) is 0 Å². The van der Waals surface area contributed by atoms with Gasteiger partial charge < -0.3 is 15.3 Å². The molecule has 1 aliphatic carbocycles. The Morgan fingerprint density at radius 1 is 1.53 bits per heavy atom. The summed E-state index contributed by atoms with van der Waals surface area (Å²) in [6.07, 6.45) is 2.07. The van der Waals surface area contributed by atoms with E-state index in [1.54, 1.807) is 7.05 Å². The molecule has 2 N–H and O–H groups in total. The zero-order chi connectivity index (χ0) is 13.1. The van der Waals surface area contributed by atoms with Crippen molar-refractivity contribution in [2.75, 3.05) is 26.7 Å². The summed E-state index contributed by atoms with van der Waals surface area (Å²) in [5.41, 5.74) is -0.745. The van der Waals surface area contributed by atoms with Gasteiger partial charge in [-0.3, -0.25) is 4.79 Å². The number of rotatable bonds is 8. The number of likely N-dealkylation sites (N-methyl/N-ethyl adjacent to an activating group) is 2. The Kier molecular flexibility index (Phi) is 4.95. The Morgan fingerprint density at radius 2 is 2.12 bits per heavy atom. The molecule has 0 aromatic rings. The largest absolute Gasteiger partial charge is 0.480 e. The van der Waals surface area contributed by atoms with Gasteiger partial charge in [-0.25, -0.2) is 0 Å². The van der Waals surface area contributed by atoms with Crippen LogP contribution >= 0.6 is 0 Å². The molecule has 0 aliphatic heterocycles. The second-order valence-corrected chi connectivity index (χ2v) is 5.52. The summed E-state index contributed by atoms with van der Waals surface area (Å²) >= 11 is 0. The number of hydrogen-bond donors (Lipinski definition) is 2. The van der Waals surface area contributed by atoms with E-state index in [-0.39, 0.29) is 0 Å². The SMILES string of the molecule is CCN(CC(C)C)CC(NC)(C(=O)O)C1CC1. The molecular formula is C13H26N2O2. The molecule has 0 amide bonds. The Balaban J connectivity index is 2.73. The summed E-state index contributed by atoms with van der Waals surface area (Å²) < 4.78 is 0. The summed E-state index contributed by atoms with van der Waals surface area (Å²) in [7, 11) is 1.77. The van der Waals surface area contributed by atoms with Crippen molar-refractivity contribution < 1.29 is 9.90 Å². The molecule has 0 bridgehead atoms. The third-order valence-electron chi connectivity index (χ3n) is 3.65. The first kappa shape index (κ1) is 14.5. The van der Waals surface area contributed by atoms with Gasteiger partial charge in [0, 0.05) is 13.1 Å². The number of carbonyl (C=O) groups is 1. The maximum Gasteiger partial charge on any atom is 0.325 e. The van der Waals surface area contributed by atoms with Crippen LogP contribution in [0.4, 0.5) is 0 Å². The summed E-state index contributed by atoms with van der Waals surface area (Å²) in [4.78, 5) is 13.8. The molecule has 1 rings (SSSR count). The third-order valence-corrected chi connectivity index (χ3v) is 3.65. The van der Waals surface area contributed by atoms with Gasteiger partial charge in [-0.2, -0.15) is 0 Å².